The number of hydrogen-bond acceptors (Lipinski definition) is 4. The van der Waals surface area contributed by atoms with Crippen LogP contribution in [-0.2, 0) is 17.8 Å². The van der Waals surface area contributed by atoms with Gasteiger partial charge in [-0.1, -0.05) is 44.2 Å². The van der Waals surface area contributed by atoms with Crippen molar-refractivity contribution in [3.63, 3.8) is 0 Å². The van der Waals surface area contributed by atoms with E-state index >= 15 is 0 Å². The molecule has 6 heteroatoms. The Balaban J connectivity index is 1.57. The second-order valence-electron chi connectivity index (χ2n) is 8.01. The number of piperidine rings is 1. The summed E-state index contributed by atoms with van der Waals surface area (Å²) in [6.45, 7) is 6.47. The van der Waals surface area contributed by atoms with Crippen molar-refractivity contribution < 1.29 is 4.79 Å². The number of aromatic nitrogens is 2. The third-order valence-electron chi connectivity index (χ3n) is 5.16. The first kappa shape index (κ1) is 20.1. The Bertz CT molecular complexity index is 824. The first-order chi connectivity index (χ1) is 13.5. The minimum atomic E-state index is -0.248. The lowest BCUT2D eigenvalue weighted by Gasteiger charge is -2.33. The van der Waals surface area contributed by atoms with Gasteiger partial charge in [-0.25, -0.2) is 4.68 Å². The summed E-state index contributed by atoms with van der Waals surface area (Å²) in [4.78, 5) is 26.3. The van der Waals surface area contributed by atoms with E-state index in [1.807, 2.05) is 13.8 Å². The average molecular weight is 383 g/mol. The van der Waals surface area contributed by atoms with Crippen LogP contribution in [0, 0.1) is 11.8 Å². The van der Waals surface area contributed by atoms with Gasteiger partial charge in [-0.2, -0.15) is 5.10 Å². The van der Waals surface area contributed by atoms with Gasteiger partial charge in [-0.15, -0.1) is 0 Å². The number of nitrogens with one attached hydrogen (secondary N) is 1. The SMILES string of the molecule is CC(C)CNC(=O)Cn1nc(N2CCC(Cc3ccccc3)CC2)ccc1=O. The van der Waals surface area contributed by atoms with Crippen LogP contribution in [0.1, 0.15) is 32.3 Å². The number of anilines is 1. The molecule has 150 valence electrons. The van der Waals surface area contributed by atoms with Crippen LogP contribution in [-0.4, -0.2) is 35.3 Å². The van der Waals surface area contributed by atoms with Crippen LogP contribution >= 0.6 is 0 Å². The molecule has 0 radical (unpaired) electrons. The van der Waals surface area contributed by atoms with Crippen molar-refractivity contribution in [2.24, 2.45) is 11.8 Å². The quantitative estimate of drug-likeness (QED) is 0.799. The van der Waals surface area contributed by atoms with Crippen molar-refractivity contribution >= 4 is 11.7 Å². The van der Waals surface area contributed by atoms with E-state index < -0.39 is 0 Å². The summed E-state index contributed by atoms with van der Waals surface area (Å²) in [7, 11) is 0. The van der Waals surface area contributed by atoms with Crippen LogP contribution in [0.25, 0.3) is 0 Å². The second kappa shape index (κ2) is 9.53. The van der Waals surface area contributed by atoms with Crippen LogP contribution in [0.5, 0.6) is 0 Å². The maximum absolute atomic E-state index is 12.1. The van der Waals surface area contributed by atoms with E-state index in [1.165, 1.54) is 16.3 Å². The van der Waals surface area contributed by atoms with Crippen LogP contribution in [0.15, 0.2) is 47.3 Å². The molecule has 1 saturated heterocycles. The summed E-state index contributed by atoms with van der Waals surface area (Å²) in [5.41, 5.74) is 1.14. The van der Waals surface area contributed by atoms with Gasteiger partial charge in [0.05, 0.1) is 0 Å². The normalized spacial score (nSPS) is 15.0. The number of hydrogen-bond donors (Lipinski definition) is 1. The monoisotopic (exact) mass is 382 g/mol. The zero-order valence-corrected chi connectivity index (χ0v) is 16.8. The van der Waals surface area contributed by atoms with E-state index in [0.29, 0.717) is 18.4 Å². The lowest BCUT2D eigenvalue weighted by Crippen LogP contribution is -2.38. The third-order valence-corrected chi connectivity index (χ3v) is 5.16. The van der Waals surface area contributed by atoms with Gasteiger partial charge in [0.25, 0.3) is 5.56 Å². The van der Waals surface area contributed by atoms with E-state index in [0.717, 1.165) is 38.2 Å². The lowest BCUT2D eigenvalue weighted by atomic mass is 9.90. The molecule has 0 spiro atoms. The minimum Gasteiger partial charge on any atom is -0.355 e. The molecule has 0 aliphatic carbocycles. The van der Waals surface area contributed by atoms with E-state index in [1.54, 1.807) is 6.07 Å². The van der Waals surface area contributed by atoms with Crippen molar-refractivity contribution in [2.45, 2.75) is 39.7 Å². The first-order valence-electron chi connectivity index (χ1n) is 10.1. The Kier molecular flexibility index (Phi) is 6.85. The Morgan fingerprint density at radius 1 is 1.14 bits per heavy atom. The molecule has 1 aromatic carbocycles. The Labute approximate surface area is 166 Å². The summed E-state index contributed by atoms with van der Waals surface area (Å²) < 4.78 is 1.26. The van der Waals surface area contributed by atoms with Gasteiger partial charge in [0.15, 0.2) is 0 Å². The third kappa shape index (κ3) is 5.68. The molecule has 0 unspecified atom stereocenters. The Hall–Kier alpha value is -2.63. The molecule has 0 bridgehead atoms. The van der Waals surface area contributed by atoms with Gasteiger partial charge in [0.2, 0.25) is 5.91 Å². The highest BCUT2D eigenvalue weighted by Crippen LogP contribution is 2.24. The molecule has 1 N–H and O–H groups in total. The van der Waals surface area contributed by atoms with Crippen molar-refractivity contribution in [3.8, 4) is 0 Å². The highest BCUT2D eigenvalue weighted by atomic mass is 16.2. The Morgan fingerprint density at radius 2 is 1.86 bits per heavy atom. The van der Waals surface area contributed by atoms with E-state index in [9.17, 15) is 9.59 Å². The fourth-order valence-electron chi connectivity index (χ4n) is 3.54. The van der Waals surface area contributed by atoms with Crippen molar-refractivity contribution in [1.82, 2.24) is 15.1 Å². The number of rotatable bonds is 7. The minimum absolute atomic E-state index is 0.0378. The molecule has 2 aromatic rings. The molecular weight excluding hydrogens is 352 g/mol. The highest BCUT2D eigenvalue weighted by molar-refractivity contribution is 5.75. The second-order valence-corrected chi connectivity index (χ2v) is 8.01. The smallest absolute Gasteiger partial charge is 0.267 e. The lowest BCUT2D eigenvalue weighted by molar-refractivity contribution is -0.122. The topological polar surface area (TPSA) is 67.2 Å². The number of nitrogens with zero attached hydrogens (tertiary/aromatic N) is 3. The molecular formula is C22H30N4O2. The van der Waals surface area contributed by atoms with Crippen LogP contribution in [0.2, 0.25) is 0 Å². The van der Waals surface area contributed by atoms with Crippen molar-refractivity contribution in [1.29, 1.82) is 0 Å². The first-order valence-corrected chi connectivity index (χ1v) is 10.1. The molecule has 28 heavy (non-hydrogen) atoms. The van der Waals surface area contributed by atoms with Crippen LogP contribution < -0.4 is 15.8 Å². The summed E-state index contributed by atoms with van der Waals surface area (Å²) in [6.07, 6.45) is 3.31. The molecule has 2 heterocycles. The van der Waals surface area contributed by atoms with Crippen molar-refractivity contribution in [3.05, 3.63) is 58.4 Å². The van der Waals surface area contributed by atoms with Gasteiger partial charge in [-0.05, 0) is 42.7 Å². The maximum Gasteiger partial charge on any atom is 0.267 e. The maximum atomic E-state index is 12.1. The van der Waals surface area contributed by atoms with E-state index in [4.69, 9.17) is 0 Å². The standard InChI is InChI=1S/C22H30N4O2/c1-17(2)15-23-21(27)16-26-22(28)9-8-20(24-26)25-12-10-19(11-13-25)14-18-6-4-3-5-7-18/h3-9,17,19H,10-16H2,1-2H3,(H,23,27). The summed E-state index contributed by atoms with van der Waals surface area (Å²) in [5, 5.41) is 7.27. The predicted molar refractivity (Wildman–Crippen MR) is 111 cm³/mol. The fourth-order valence-corrected chi connectivity index (χ4v) is 3.54. The van der Waals surface area contributed by atoms with Gasteiger partial charge < -0.3 is 10.2 Å². The number of amides is 1. The highest BCUT2D eigenvalue weighted by Gasteiger charge is 2.21. The summed E-state index contributed by atoms with van der Waals surface area (Å²) >= 11 is 0. The predicted octanol–water partition coefficient (Wildman–Crippen LogP) is 2.47. The van der Waals surface area contributed by atoms with Gasteiger partial charge >= 0.3 is 0 Å². The molecule has 1 amide bonds. The number of carbonyl (C=O) groups is 1. The van der Waals surface area contributed by atoms with Gasteiger partial charge in [0, 0.05) is 25.7 Å². The largest absolute Gasteiger partial charge is 0.355 e. The van der Waals surface area contributed by atoms with Crippen LogP contribution in [0.3, 0.4) is 0 Å². The molecule has 0 saturated carbocycles. The molecule has 0 atom stereocenters. The number of benzene rings is 1. The van der Waals surface area contributed by atoms with Crippen molar-refractivity contribution in [2.75, 3.05) is 24.5 Å². The molecule has 1 aliphatic rings. The summed E-state index contributed by atoms with van der Waals surface area (Å²) in [6, 6.07) is 13.9. The molecule has 1 fully saturated rings. The molecule has 3 rings (SSSR count). The van der Waals surface area contributed by atoms with E-state index in [-0.39, 0.29) is 18.0 Å². The fraction of sp³-hybridized carbons (Fsp3) is 0.500. The molecule has 6 nitrogen and oxygen atoms in total. The van der Waals surface area contributed by atoms with Gasteiger partial charge in [0.1, 0.15) is 12.4 Å². The zero-order valence-electron chi connectivity index (χ0n) is 16.8. The van der Waals surface area contributed by atoms with Gasteiger partial charge in [-0.3, -0.25) is 9.59 Å². The number of carbonyl (C=O) groups excluding carboxylic acids is 1. The zero-order chi connectivity index (χ0) is 19.9. The van der Waals surface area contributed by atoms with E-state index in [2.05, 4.69) is 45.6 Å². The summed E-state index contributed by atoms with van der Waals surface area (Å²) in [5.74, 6) is 1.64. The Morgan fingerprint density at radius 3 is 2.54 bits per heavy atom. The average Bonchev–Trinajstić information content (AvgIpc) is 2.69. The molecule has 1 aliphatic heterocycles. The van der Waals surface area contributed by atoms with Crippen LogP contribution in [0.4, 0.5) is 5.82 Å². The molecule has 1 aromatic heterocycles.